The van der Waals surface area contributed by atoms with Gasteiger partial charge < -0.3 is 10.6 Å². The van der Waals surface area contributed by atoms with E-state index in [1.807, 2.05) is 63.2 Å². The summed E-state index contributed by atoms with van der Waals surface area (Å²) in [6.07, 6.45) is 3.73. The lowest BCUT2D eigenvalue weighted by Crippen LogP contribution is -2.17. The Morgan fingerprint density at radius 2 is 1.46 bits per heavy atom. The smallest absolute Gasteiger partial charge is 0.257 e. The Labute approximate surface area is 164 Å². The van der Waals surface area contributed by atoms with Gasteiger partial charge in [-0.2, -0.15) is 0 Å². The van der Waals surface area contributed by atoms with Gasteiger partial charge in [0, 0.05) is 23.8 Å². The van der Waals surface area contributed by atoms with Crippen molar-refractivity contribution in [2.75, 3.05) is 10.6 Å². The summed E-state index contributed by atoms with van der Waals surface area (Å²) in [5.74, 6) is -0.598. The first-order valence-electron chi connectivity index (χ1n) is 9.21. The molecule has 2 amide bonds. The fourth-order valence-corrected chi connectivity index (χ4v) is 2.91. The summed E-state index contributed by atoms with van der Waals surface area (Å²) in [6.45, 7) is 5.98. The second-order valence-corrected chi connectivity index (χ2v) is 6.63. The molecule has 0 saturated heterocycles. The van der Waals surface area contributed by atoms with Crippen molar-refractivity contribution in [3.63, 3.8) is 0 Å². The van der Waals surface area contributed by atoms with Gasteiger partial charge in [0.25, 0.3) is 11.8 Å². The maximum Gasteiger partial charge on any atom is 0.257 e. The zero-order valence-corrected chi connectivity index (χ0v) is 16.2. The van der Waals surface area contributed by atoms with Crippen molar-refractivity contribution in [2.24, 2.45) is 0 Å². The number of aromatic nitrogens is 1. The Morgan fingerprint density at radius 1 is 0.857 bits per heavy atom. The number of anilines is 2. The maximum atomic E-state index is 12.6. The van der Waals surface area contributed by atoms with E-state index in [0.717, 1.165) is 34.5 Å². The van der Waals surface area contributed by atoms with Gasteiger partial charge in [0.1, 0.15) is 0 Å². The van der Waals surface area contributed by atoms with Gasteiger partial charge in [0.15, 0.2) is 0 Å². The minimum absolute atomic E-state index is 0.296. The van der Waals surface area contributed by atoms with Gasteiger partial charge in [-0.25, -0.2) is 0 Å². The van der Waals surface area contributed by atoms with Crippen LogP contribution in [-0.4, -0.2) is 16.8 Å². The zero-order valence-electron chi connectivity index (χ0n) is 16.2. The second-order valence-electron chi connectivity index (χ2n) is 6.63. The predicted molar refractivity (Wildman–Crippen MR) is 112 cm³/mol. The number of nitrogens with one attached hydrogen (secondary N) is 2. The minimum atomic E-state index is -0.301. The van der Waals surface area contributed by atoms with Gasteiger partial charge in [0.2, 0.25) is 0 Å². The highest BCUT2D eigenvalue weighted by Crippen LogP contribution is 2.20. The van der Waals surface area contributed by atoms with Crippen LogP contribution in [0.15, 0.2) is 60.9 Å². The van der Waals surface area contributed by atoms with Crippen molar-refractivity contribution in [2.45, 2.75) is 27.2 Å². The van der Waals surface area contributed by atoms with E-state index in [0.29, 0.717) is 11.1 Å². The van der Waals surface area contributed by atoms with E-state index in [-0.39, 0.29) is 11.8 Å². The molecule has 0 spiro atoms. The molecule has 0 atom stereocenters. The summed E-state index contributed by atoms with van der Waals surface area (Å²) in [7, 11) is 0. The van der Waals surface area contributed by atoms with E-state index in [1.165, 1.54) is 12.4 Å². The number of pyridine rings is 1. The van der Waals surface area contributed by atoms with Crippen molar-refractivity contribution >= 4 is 23.2 Å². The topological polar surface area (TPSA) is 71.1 Å². The molecule has 0 aliphatic rings. The lowest BCUT2D eigenvalue weighted by Gasteiger charge is -2.12. The van der Waals surface area contributed by atoms with Crippen LogP contribution in [0.1, 0.15) is 44.3 Å². The lowest BCUT2D eigenvalue weighted by atomic mass is 10.1. The molecule has 0 aliphatic carbocycles. The van der Waals surface area contributed by atoms with Crippen molar-refractivity contribution in [1.29, 1.82) is 0 Å². The van der Waals surface area contributed by atoms with Crippen molar-refractivity contribution in [3.8, 4) is 0 Å². The molecule has 0 saturated carbocycles. The number of hydrogen-bond donors (Lipinski definition) is 2. The molecule has 1 heterocycles. The van der Waals surface area contributed by atoms with E-state index < -0.39 is 0 Å². The van der Waals surface area contributed by atoms with Crippen LogP contribution in [0.4, 0.5) is 11.4 Å². The van der Waals surface area contributed by atoms with Crippen LogP contribution in [0.3, 0.4) is 0 Å². The Kier molecular flexibility index (Phi) is 5.84. The number of aryl methyl sites for hydroxylation is 2. The number of benzene rings is 2. The van der Waals surface area contributed by atoms with Crippen molar-refractivity contribution in [3.05, 3.63) is 88.7 Å². The van der Waals surface area contributed by atoms with Crippen LogP contribution in [0.5, 0.6) is 0 Å². The number of nitrogens with zero attached hydrogens (tertiary/aromatic N) is 1. The summed E-state index contributed by atoms with van der Waals surface area (Å²) >= 11 is 0. The van der Waals surface area contributed by atoms with Crippen molar-refractivity contribution in [1.82, 2.24) is 4.98 Å². The van der Waals surface area contributed by atoms with E-state index in [1.54, 1.807) is 6.07 Å². The first kappa shape index (κ1) is 19.3. The van der Waals surface area contributed by atoms with Gasteiger partial charge in [-0.1, -0.05) is 37.3 Å². The Balaban J connectivity index is 1.78. The molecule has 5 heteroatoms. The molecular formula is C23H23N3O2. The number of rotatable bonds is 5. The van der Waals surface area contributed by atoms with Crippen LogP contribution in [0.2, 0.25) is 0 Å². The lowest BCUT2D eigenvalue weighted by molar-refractivity contribution is 0.102. The average Bonchev–Trinajstić information content (AvgIpc) is 2.72. The number of carbonyl (C=O) groups is 2. The molecule has 0 fully saturated rings. The summed E-state index contributed by atoms with van der Waals surface area (Å²) in [4.78, 5) is 29.3. The third-order valence-electron chi connectivity index (χ3n) is 4.76. The third kappa shape index (κ3) is 4.26. The summed E-state index contributed by atoms with van der Waals surface area (Å²) < 4.78 is 0. The molecule has 3 rings (SSSR count). The van der Waals surface area contributed by atoms with E-state index in [4.69, 9.17) is 0 Å². The van der Waals surface area contributed by atoms with Crippen LogP contribution < -0.4 is 10.6 Å². The fourth-order valence-electron chi connectivity index (χ4n) is 2.91. The van der Waals surface area contributed by atoms with Crippen LogP contribution in [0.25, 0.3) is 0 Å². The standard InChI is InChI=1S/C23H23N3O2/c1-4-17-9-5-6-10-21(17)26-23(28)19-12-18(13-24-14-19)22(27)25-20-11-7-8-15(2)16(20)3/h5-14H,4H2,1-3H3,(H,25,27)(H,26,28). The Morgan fingerprint density at radius 3 is 2.14 bits per heavy atom. The molecule has 0 aliphatic heterocycles. The highest BCUT2D eigenvalue weighted by atomic mass is 16.2. The van der Waals surface area contributed by atoms with Crippen LogP contribution >= 0.6 is 0 Å². The Hall–Kier alpha value is -3.47. The monoisotopic (exact) mass is 373 g/mol. The molecular weight excluding hydrogens is 350 g/mol. The fraction of sp³-hybridized carbons (Fsp3) is 0.174. The predicted octanol–water partition coefficient (Wildman–Crippen LogP) is 4.77. The second kappa shape index (κ2) is 8.48. The van der Waals surface area contributed by atoms with Gasteiger partial charge in [-0.05, 0) is 55.2 Å². The molecule has 28 heavy (non-hydrogen) atoms. The molecule has 3 aromatic rings. The van der Waals surface area contributed by atoms with Crippen LogP contribution in [-0.2, 0) is 6.42 Å². The molecule has 142 valence electrons. The van der Waals surface area contributed by atoms with Gasteiger partial charge >= 0.3 is 0 Å². The number of hydrogen-bond acceptors (Lipinski definition) is 3. The summed E-state index contributed by atoms with van der Waals surface area (Å²) in [5.41, 5.74) is 5.33. The summed E-state index contributed by atoms with van der Waals surface area (Å²) in [5, 5.41) is 5.79. The Bertz CT molecular complexity index is 1030. The summed E-state index contributed by atoms with van der Waals surface area (Å²) in [6, 6.07) is 14.9. The van der Waals surface area contributed by atoms with Crippen molar-refractivity contribution < 1.29 is 9.59 Å². The van der Waals surface area contributed by atoms with E-state index in [2.05, 4.69) is 15.6 Å². The molecule has 1 aromatic heterocycles. The first-order valence-corrected chi connectivity index (χ1v) is 9.21. The van der Waals surface area contributed by atoms with E-state index in [9.17, 15) is 9.59 Å². The SMILES string of the molecule is CCc1ccccc1NC(=O)c1cncc(C(=O)Nc2cccc(C)c2C)c1. The molecule has 0 bridgehead atoms. The molecule has 2 aromatic carbocycles. The third-order valence-corrected chi connectivity index (χ3v) is 4.76. The molecule has 5 nitrogen and oxygen atoms in total. The number of amides is 2. The molecule has 2 N–H and O–H groups in total. The quantitative estimate of drug-likeness (QED) is 0.677. The highest BCUT2D eigenvalue weighted by Gasteiger charge is 2.14. The zero-order chi connectivity index (χ0) is 20.1. The normalized spacial score (nSPS) is 10.4. The van der Waals surface area contributed by atoms with E-state index >= 15 is 0 Å². The minimum Gasteiger partial charge on any atom is -0.322 e. The molecule has 0 unspecified atom stereocenters. The van der Waals surface area contributed by atoms with Gasteiger partial charge in [-0.15, -0.1) is 0 Å². The van der Waals surface area contributed by atoms with Crippen LogP contribution in [0, 0.1) is 13.8 Å². The molecule has 0 radical (unpaired) electrons. The first-order chi connectivity index (χ1) is 13.5. The highest BCUT2D eigenvalue weighted by molar-refractivity contribution is 6.08. The number of para-hydroxylation sites is 1. The average molecular weight is 373 g/mol. The van der Waals surface area contributed by atoms with Gasteiger partial charge in [0.05, 0.1) is 11.1 Å². The maximum absolute atomic E-state index is 12.6. The van der Waals surface area contributed by atoms with Gasteiger partial charge in [-0.3, -0.25) is 14.6 Å². The largest absolute Gasteiger partial charge is 0.322 e. The number of carbonyl (C=O) groups excluding carboxylic acids is 2.